The van der Waals surface area contributed by atoms with E-state index >= 15 is 0 Å². The van der Waals surface area contributed by atoms with Crippen molar-refractivity contribution in [3.8, 4) is 5.75 Å². The van der Waals surface area contributed by atoms with Crippen molar-refractivity contribution >= 4 is 17.3 Å². The average molecular weight is 278 g/mol. The first-order valence-electron chi connectivity index (χ1n) is 5.90. The molecule has 0 bridgehead atoms. The summed E-state index contributed by atoms with van der Waals surface area (Å²) in [7, 11) is 1.58. The minimum absolute atomic E-state index is 0.500. The molecule has 19 heavy (non-hydrogen) atoms. The van der Waals surface area contributed by atoms with Crippen molar-refractivity contribution in [1.82, 2.24) is 0 Å². The van der Waals surface area contributed by atoms with Gasteiger partial charge in [-0.3, -0.25) is 0 Å². The van der Waals surface area contributed by atoms with E-state index in [-0.39, 0.29) is 0 Å². The smallest absolute Gasteiger partial charge is 0.125 e. The SMILES string of the molecule is COc1cc(C)ccc1[C@H](O)c1cc(Cl)ccc1N. The van der Waals surface area contributed by atoms with Crippen molar-refractivity contribution in [2.24, 2.45) is 0 Å². The molecule has 0 amide bonds. The first kappa shape index (κ1) is 13.7. The van der Waals surface area contributed by atoms with Crippen LogP contribution < -0.4 is 10.5 Å². The van der Waals surface area contributed by atoms with Crippen molar-refractivity contribution in [3.63, 3.8) is 0 Å². The molecule has 3 N–H and O–H groups in total. The summed E-state index contributed by atoms with van der Waals surface area (Å²) < 4.78 is 5.31. The van der Waals surface area contributed by atoms with Gasteiger partial charge in [0.2, 0.25) is 0 Å². The van der Waals surface area contributed by atoms with Crippen molar-refractivity contribution in [2.75, 3.05) is 12.8 Å². The topological polar surface area (TPSA) is 55.5 Å². The quantitative estimate of drug-likeness (QED) is 0.846. The van der Waals surface area contributed by atoms with Crippen LogP contribution in [0.5, 0.6) is 5.75 Å². The third-order valence-electron chi connectivity index (χ3n) is 3.03. The van der Waals surface area contributed by atoms with Crippen LogP contribution >= 0.6 is 11.6 Å². The van der Waals surface area contributed by atoms with E-state index in [1.54, 1.807) is 25.3 Å². The molecule has 0 aliphatic carbocycles. The summed E-state index contributed by atoms with van der Waals surface area (Å²) in [6, 6.07) is 10.7. The van der Waals surface area contributed by atoms with E-state index in [1.165, 1.54) is 0 Å². The number of nitrogen functional groups attached to an aromatic ring is 1. The summed E-state index contributed by atoms with van der Waals surface area (Å²) >= 11 is 5.95. The van der Waals surface area contributed by atoms with Gasteiger partial charge in [-0.15, -0.1) is 0 Å². The van der Waals surface area contributed by atoms with E-state index in [4.69, 9.17) is 22.1 Å². The molecular weight excluding hydrogens is 262 g/mol. The number of aliphatic hydroxyl groups excluding tert-OH is 1. The summed E-state index contributed by atoms with van der Waals surface area (Å²) in [5, 5.41) is 11.0. The molecule has 0 spiro atoms. The van der Waals surface area contributed by atoms with Gasteiger partial charge in [-0.1, -0.05) is 23.7 Å². The zero-order valence-electron chi connectivity index (χ0n) is 10.9. The van der Waals surface area contributed by atoms with Crippen molar-refractivity contribution < 1.29 is 9.84 Å². The van der Waals surface area contributed by atoms with Gasteiger partial charge >= 0.3 is 0 Å². The lowest BCUT2D eigenvalue weighted by Crippen LogP contribution is -2.05. The van der Waals surface area contributed by atoms with Crippen LogP contribution in [0.25, 0.3) is 0 Å². The van der Waals surface area contributed by atoms with Crippen molar-refractivity contribution in [2.45, 2.75) is 13.0 Å². The Balaban J connectivity index is 2.49. The normalized spacial score (nSPS) is 12.2. The predicted molar refractivity (Wildman–Crippen MR) is 77.7 cm³/mol. The van der Waals surface area contributed by atoms with Gasteiger partial charge in [-0.05, 0) is 36.8 Å². The number of nitrogens with two attached hydrogens (primary N) is 1. The zero-order chi connectivity index (χ0) is 14.0. The molecule has 2 rings (SSSR count). The second-order valence-corrected chi connectivity index (χ2v) is 4.86. The molecule has 2 aromatic carbocycles. The molecule has 0 saturated heterocycles. The van der Waals surface area contributed by atoms with Gasteiger partial charge in [-0.2, -0.15) is 0 Å². The Morgan fingerprint density at radius 2 is 1.89 bits per heavy atom. The second-order valence-electron chi connectivity index (χ2n) is 4.42. The fourth-order valence-corrected chi connectivity index (χ4v) is 2.17. The maximum absolute atomic E-state index is 10.5. The van der Waals surface area contributed by atoms with E-state index in [9.17, 15) is 5.11 Å². The molecule has 100 valence electrons. The molecule has 0 radical (unpaired) electrons. The summed E-state index contributed by atoms with van der Waals surface area (Å²) in [5.41, 5.74) is 8.70. The monoisotopic (exact) mass is 277 g/mol. The third kappa shape index (κ3) is 2.83. The van der Waals surface area contributed by atoms with Gasteiger partial charge < -0.3 is 15.6 Å². The van der Waals surface area contributed by atoms with Gasteiger partial charge in [-0.25, -0.2) is 0 Å². The molecule has 3 nitrogen and oxygen atoms in total. The van der Waals surface area contributed by atoms with Gasteiger partial charge in [0.1, 0.15) is 11.9 Å². The number of hydrogen-bond acceptors (Lipinski definition) is 3. The minimum atomic E-state index is -0.866. The molecule has 0 saturated carbocycles. The first-order chi connectivity index (χ1) is 9.02. The molecule has 0 aliphatic rings. The lowest BCUT2D eigenvalue weighted by atomic mass is 9.98. The number of ether oxygens (including phenoxy) is 1. The number of methoxy groups -OCH3 is 1. The summed E-state index contributed by atoms with van der Waals surface area (Å²) in [6.45, 7) is 1.96. The molecule has 2 aromatic rings. The highest BCUT2D eigenvalue weighted by Gasteiger charge is 2.18. The Labute approximate surface area is 117 Å². The molecular formula is C15H16ClNO2. The fraction of sp³-hybridized carbons (Fsp3) is 0.200. The molecule has 4 heteroatoms. The maximum atomic E-state index is 10.5. The molecule has 0 fully saturated rings. The van der Waals surface area contributed by atoms with Crippen molar-refractivity contribution in [1.29, 1.82) is 0 Å². The first-order valence-corrected chi connectivity index (χ1v) is 6.28. The molecule has 0 unspecified atom stereocenters. The Bertz CT molecular complexity index is 599. The van der Waals surface area contributed by atoms with E-state index < -0.39 is 6.10 Å². The summed E-state index contributed by atoms with van der Waals surface area (Å²) in [4.78, 5) is 0. The largest absolute Gasteiger partial charge is 0.496 e. The number of aryl methyl sites for hydroxylation is 1. The highest BCUT2D eigenvalue weighted by atomic mass is 35.5. The van der Waals surface area contributed by atoms with Gasteiger partial charge in [0.25, 0.3) is 0 Å². The van der Waals surface area contributed by atoms with Crippen molar-refractivity contribution in [3.05, 3.63) is 58.1 Å². The van der Waals surface area contributed by atoms with E-state index in [2.05, 4.69) is 0 Å². The number of aliphatic hydroxyl groups is 1. The third-order valence-corrected chi connectivity index (χ3v) is 3.26. The molecule has 1 atom stereocenters. The average Bonchev–Trinajstić information content (AvgIpc) is 2.40. The number of benzene rings is 2. The highest BCUT2D eigenvalue weighted by Crippen LogP contribution is 2.34. The van der Waals surface area contributed by atoms with Gasteiger partial charge in [0, 0.05) is 21.8 Å². The van der Waals surface area contributed by atoms with Crippen LogP contribution in [0.15, 0.2) is 36.4 Å². The van der Waals surface area contributed by atoms with E-state index in [0.717, 1.165) is 5.56 Å². The standard InChI is InChI=1S/C15H16ClNO2/c1-9-3-5-11(14(7-9)19-2)15(18)12-8-10(16)4-6-13(12)17/h3-8,15,18H,17H2,1-2H3/t15-/m0/s1. The molecule has 0 heterocycles. The fourth-order valence-electron chi connectivity index (χ4n) is 1.99. The minimum Gasteiger partial charge on any atom is -0.496 e. The van der Waals surface area contributed by atoms with Gasteiger partial charge in [0.15, 0.2) is 0 Å². The van der Waals surface area contributed by atoms with Crippen LogP contribution in [-0.4, -0.2) is 12.2 Å². The Morgan fingerprint density at radius 3 is 2.58 bits per heavy atom. The van der Waals surface area contributed by atoms with Crippen LogP contribution in [0.1, 0.15) is 22.8 Å². The van der Waals surface area contributed by atoms with Crippen LogP contribution in [0.2, 0.25) is 5.02 Å². The lowest BCUT2D eigenvalue weighted by Gasteiger charge is -2.17. The van der Waals surface area contributed by atoms with E-state index in [0.29, 0.717) is 27.6 Å². The summed E-state index contributed by atoms with van der Waals surface area (Å²) in [6.07, 6.45) is -0.866. The highest BCUT2D eigenvalue weighted by molar-refractivity contribution is 6.30. The van der Waals surface area contributed by atoms with Crippen LogP contribution in [0, 0.1) is 6.92 Å². The van der Waals surface area contributed by atoms with Crippen LogP contribution in [-0.2, 0) is 0 Å². The number of rotatable bonds is 3. The van der Waals surface area contributed by atoms with Crippen LogP contribution in [0.4, 0.5) is 5.69 Å². The Kier molecular flexibility index (Phi) is 3.98. The second kappa shape index (κ2) is 5.51. The Hall–Kier alpha value is -1.71. The van der Waals surface area contributed by atoms with Crippen LogP contribution in [0.3, 0.4) is 0 Å². The zero-order valence-corrected chi connectivity index (χ0v) is 11.6. The number of halogens is 1. The molecule has 0 aromatic heterocycles. The molecule has 0 aliphatic heterocycles. The van der Waals surface area contributed by atoms with Gasteiger partial charge in [0.05, 0.1) is 7.11 Å². The Morgan fingerprint density at radius 1 is 1.16 bits per heavy atom. The predicted octanol–water partition coefficient (Wildman–Crippen LogP) is 3.32. The number of anilines is 1. The van der Waals surface area contributed by atoms with E-state index in [1.807, 2.05) is 25.1 Å². The summed E-state index contributed by atoms with van der Waals surface area (Å²) in [5.74, 6) is 0.631. The maximum Gasteiger partial charge on any atom is 0.125 e. The number of hydrogen-bond donors (Lipinski definition) is 2. The lowest BCUT2D eigenvalue weighted by molar-refractivity contribution is 0.215.